The molecule has 0 saturated heterocycles. The van der Waals surface area contributed by atoms with Crippen LogP contribution in [0, 0.1) is 0 Å². The Morgan fingerprint density at radius 3 is 2.64 bits per heavy atom. The smallest absolute Gasteiger partial charge is 0.123 e. The van der Waals surface area contributed by atoms with Gasteiger partial charge < -0.3 is 11.1 Å². The van der Waals surface area contributed by atoms with E-state index in [0.717, 1.165) is 5.69 Å². The van der Waals surface area contributed by atoms with Crippen molar-refractivity contribution in [2.24, 2.45) is 0 Å². The summed E-state index contributed by atoms with van der Waals surface area (Å²) in [6.07, 6.45) is 0. The van der Waals surface area contributed by atoms with E-state index < -0.39 is 0 Å². The molecular formula is C10H16ClN3. The average molecular weight is 214 g/mol. The van der Waals surface area contributed by atoms with Gasteiger partial charge in [-0.1, -0.05) is 11.6 Å². The maximum absolute atomic E-state index is 5.97. The molecule has 3 nitrogen and oxygen atoms in total. The fourth-order valence-electron chi connectivity index (χ4n) is 0.974. The van der Waals surface area contributed by atoms with Crippen LogP contribution in [0.2, 0.25) is 5.02 Å². The third-order valence-electron chi connectivity index (χ3n) is 1.73. The number of pyridine rings is 1. The van der Waals surface area contributed by atoms with Gasteiger partial charge in [0.05, 0.1) is 10.7 Å². The molecule has 0 aromatic carbocycles. The Kier molecular flexibility index (Phi) is 3.34. The second kappa shape index (κ2) is 4.15. The molecule has 0 spiro atoms. The number of nitrogens with one attached hydrogen (secondary N) is 1. The number of nitrogens with two attached hydrogens (primary N) is 1. The number of hydrogen-bond donors (Lipinski definition) is 2. The van der Waals surface area contributed by atoms with Crippen molar-refractivity contribution in [1.82, 2.24) is 10.3 Å². The highest BCUT2D eigenvalue weighted by atomic mass is 35.5. The fraction of sp³-hybridized carbons (Fsp3) is 0.500. The van der Waals surface area contributed by atoms with Gasteiger partial charge in [0.1, 0.15) is 5.82 Å². The lowest BCUT2D eigenvalue weighted by atomic mass is 10.1. The predicted octanol–water partition coefficient (Wildman–Crippen LogP) is 2.21. The summed E-state index contributed by atoms with van der Waals surface area (Å²) < 4.78 is 0. The van der Waals surface area contributed by atoms with Crippen molar-refractivity contribution in [3.63, 3.8) is 0 Å². The molecule has 14 heavy (non-hydrogen) atoms. The summed E-state index contributed by atoms with van der Waals surface area (Å²) in [5, 5.41) is 3.95. The van der Waals surface area contributed by atoms with Gasteiger partial charge in [-0.05, 0) is 32.9 Å². The number of nitrogen functional groups attached to an aromatic ring is 1. The van der Waals surface area contributed by atoms with Gasteiger partial charge in [0.2, 0.25) is 0 Å². The molecule has 1 heterocycles. The normalized spacial score (nSPS) is 11.7. The van der Waals surface area contributed by atoms with Crippen LogP contribution >= 0.6 is 11.6 Å². The minimum atomic E-state index is 0.0512. The second-order valence-corrected chi connectivity index (χ2v) is 4.68. The van der Waals surface area contributed by atoms with Gasteiger partial charge in [-0.2, -0.15) is 0 Å². The van der Waals surface area contributed by atoms with Crippen molar-refractivity contribution in [3.05, 3.63) is 22.8 Å². The molecule has 0 fully saturated rings. The number of aromatic nitrogens is 1. The van der Waals surface area contributed by atoms with Gasteiger partial charge in [0, 0.05) is 12.1 Å². The Hall–Kier alpha value is -0.800. The van der Waals surface area contributed by atoms with Crippen LogP contribution in [0.3, 0.4) is 0 Å². The summed E-state index contributed by atoms with van der Waals surface area (Å²) >= 11 is 5.97. The fourth-order valence-corrected chi connectivity index (χ4v) is 1.15. The van der Waals surface area contributed by atoms with E-state index in [0.29, 0.717) is 17.4 Å². The minimum Gasteiger partial charge on any atom is -0.384 e. The van der Waals surface area contributed by atoms with Crippen LogP contribution in [0.5, 0.6) is 0 Å². The predicted molar refractivity (Wildman–Crippen MR) is 60.3 cm³/mol. The number of anilines is 1. The van der Waals surface area contributed by atoms with E-state index in [1.54, 1.807) is 12.1 Å². The molecule has 0 aliphatic rings. The zero-order chi connectivity index (χ0) is 10.8. The number of hydrogen-bond acceptors (Lipinski definition) is 3. The van der Waals surface area contributed by atoms with Gasteiger partial charge in [0.25, 0.3) is 0 Å². The van der Waals surface area contributed by atoms with Crippen LogP contribution in [0.15, 0.2) is 12.1 Å². The quantitative estimate of drug-likeness (QED) is 0.792. The Morgan fingerprint density at radius 1 is 1.43 bits per heavy atom. The Bertz CT molecular complexity index is 318. The van der Waals surface area contributed by atoms with Crippen LogP contribution < -0.4 is 11.1 Å². The van der Waals surface area contributed by atoms with Gasteiger partial charge in [-0.25, -0.2) is 4.98 Å². The standard InChI is InChI=1S/C10H16ClN3/c1-10(2,3)13-6-8-7(11)4-5-9(12)14-8/h4-5,13H,6H2,1-3H3,(H2,12,14). The molecule has 1 rings (SSSR count). The molecule has 0 unspecified atom stereocenters. The molecular weight excluding hydrogens is 198 g/mol. The van der Waals surface area contributed by atoms with Gasteiger partial charge in [-0.15, -0.1) is 0 Å². The number of halogens is 1. The van der Waals surface area contributed by atoms with Crippen LogP contribution in [0.1, 0.15) is 26.5 Å². The Morgan fingerprint density at radius 2 is 2.07 bits per heavy atom. The first kappa shape index (κ1) is 11.3. The molecule has 0 aliphatic carbocycles. The van der Waals surface area contributed by atoms with Gasteiger partial charge in [0.15, 0.2) is 0 Å². The molecule has 0 atom stereocenters. The summed E-state index contributed by atoms with van der Waals surface area (Å²) in [7, 11) is 0. The van der Waals surface area contributed by atoms with Crippen molar-refractivity contribution in [3.8, 4) is 0 Å². The molecule has 78 valence electrons. The lowest BCUT2D eigenvalue weighted by molar-refractivity contribution is 0.421. The van der Waals surface area contributed by atoms with E-state index in [4.69, 9.17) is 17.3 Å². The molecule has 0 radical (unpaired) electrons. The second-order valence-electron chi connectivity index (χ2n) is 4.27. The first-order valence-corrected chi connectivity index (χ1v) is 4.92. The van der Waals surface area contributed by atoms with Crippen LogP contribution in [0.4, 0.5) is 5.82 Å². The highest BCUT2D eigenvalue weighted by Gasteiger charge is 2.10. The van der Waals surface area contributed by atoms with E-state index in [-0.39, 0.29) is 5.54 Å². The Balaban J connectivity index is 2.72. The third kappa shape index (κ3) is 3.52. The van der Waals surface area contributed by atoms with Crippen molar-refractivity contribution >= 4 is 17.4 Å². The number of rotatable bonds is 2. The monoisotopic (exact) mass is 213 g/mol. The summed E-state index contributed by atoms with van der Waals surface area (Å²) in [4.78, 5) is 4.16. The van der Waals surface area contributed by atoms with E-state index in [9.17, 15) is 0 Å². The molecule has 1 aromatic rings. The van der Waals surface area contributed by atoms with Crippen molar-refractivity contribution in [1.29, 1.82) is 0 Å². The topological polar surface area (TPSA) is 50.9 Å². The van der Waals surface area contributed by atoms with Crippen LogP contribution in [-0.4, -0.2) is 10.5 Å². The van der Waals surface area contributed by atoms with E-state index >= 15 is 0 Å². The van der Waals surface area contributed by atoms with Crippen molar-refractivity contribution in [2.75, 3.05) is 5.73 Å². The summed E-state index contributed by atoms with van der Waals surface area (Å²) in [6, 6.07) is 3.46. The largest absolute Gasteiger partial charge is 0.384 e. The molecule has 0 saturated carbocycles. The maximum atomic E-state index is 5.97. The van der Waals surface area contributed by atoms with E-state index in [2.05, 4.69) is 31.1 Å². The molecule has 4 heteroatoms. The highest BCUT2D eigenvalue weighted by molar-refractivity contribution is 6.31. The molecule has 3 N–H and O–H groups in total. The maximum Gasteiger partial charge on any atom is 0.123 e. The first-order valence-electron chi connectivity index (χ1n) is 4.54. The average Bonchev–Trinajstić information content (AvgIpc) is 2.05. The van der Waals surface area contributed by atoms with Gasteiger partial charge in [-0.3, -0.25) is 0 Å². The molecule has 0 aliphatic heterocycles. The lowest BCUT2D eigenvalue weighted by Gasteiger charge is -2.20. The molecule has 1 aromatic heterocycles. The van der Waals surface area contributed by atoms with E-state index in [1.807, 2.05) is 0 Å². The zero-order valence-electron chi connectivity index (χ0n) is 8.76. The number of nitrogens with zero attached hydrogens (tertiary/aromatic N) is 1. The molecule has 0 amide bonds. The zero-order valence-corrected chi connectivity index (χ0v) is 9.52. The van der Waals surface area contributed by atoms with Crippen LogP contribution in [0.25, 0.3) is 0 Å². The van der Waals surface area contributed by atoms with Crippen molar-refractivity contribution in [2.45, 2.75) is 32.9 Å². The SMILES string of the molecule is CC(C)(C)NCc1nc(N)ccc1Cl. The lowest BCUT2D eigenvalue weighted by Crippen LogP contribution is -2.35. The summed E-state index contributed by atoms with van der Waals surface area (Å²) in [5.41, 5.74) is 6.41. The van der Waals surface area contributed by atoms with E-state index in [1.165, 1.54) is 0 Å². The highest BCUT2D eigenvalue weighted by Crippen LogP contribution is 2.15. The third-order valence-corrected chi connectivity index (χ3v) is 2.07. The Labute approximate surface area is 89.7 Å². The molecule has 0 bridgehead atoms. The summed E-state index contributed by atoms with van der Waals surface area (Å²) in [6.45, 7) is 6.90. The first-order chi connectivity index (χ1) is 6.38. The van der Waals surface area contributed by atoms with Crippen molar-refractivity contribution < 1.29 is 0 Å². The van der Waals surface area contributed by atoms with Gasteiger partial charge >= 0.3 is 0 Å². The minimum absolute atomic E-state index is 0.0512. The van der Waals surface area contributed by atoms with Crippen LogP contribution in [-0.2, 0) is 6.54 Å². The summed E-state index contributed by atoms with van der Waals surface area (Å²) in [5.74, 6) is 0.500.